The summed E-state index contributed by atoms with van der Waals surface area (Å²) in [7, 11) is 1.71. The fourth-order valence-corrected chi connectivity index (χ4v) is 3.47. The smallest absolute Gasteiger partial charge is 0.254 e. The molecule has 0 spiro atoms. The van der Waals surface area contributed by atoms with E-state index in [4.69, 9.17) is 16.3 Å². The fourth-order valence-electron chi connectivity index (χ4n) is 3.21. The van der Waals surface area contributed by atoms with Crippen LogP contribution in [0.4, 0.5) is 4.39 Å². The predicted molar refractivity (Wildman–Crippen MR) is 102 cm³/mol. The molecule has 144 valence electrons. The topological polar surface area (TPSA) is 51.5 Å². The molecule has 0 bridgehead atoms. The Morgan fingerprint density at radius 1 is 1.37 bits per heavy atom. The molecule has 2 aromatic rings. The molecule has 1 amide bonds. The molecule has 0 aliphatic carbocycles. The molecule has 7 heteroatoms. The monoisotopic (exact) mass is 392 g/mol. The zero-order valence-corrected chi connectivity index (χ0v) is 16.1. The van der Waals surface area contributed by atoms with Gasteiger partial charge in [0, 0.05) is 48.8 Å². The second kappa shape index (κ2) is 8.13. The normalized spacial score (nSPS) is 16.6. The Labute approximate surface area is 162 Å². The summed E-state index contributed by atoms with van der Waals surface area (Å²) >= 11 is 6.01. The third-order valence-electron chi connectivity index (χ3n) is 4.93. The van der Waals surface area contributed by atoms with Gasteiger partial charge in [0.15, 0.2) is 0 Å². The highest BCUT2D eigenvalue weighted by atomic mass is 35.5. The number of aryl methyl sites for hydroxylation is 1. The van der Waals surface area contributed by atoms with Crippen molar-refractivity contribution in [3.8, 4) is 5.75 Å². The van der Waals surface area contributed by atoms with Gasteiger partial charge in [-0.15, -0.1) is 0 Å². The van der Waals surface area contributed by atoms with Gasteiger partial charge in [0.05, 0.1) is 6.54 Å². The second-order valence-corrected chi connectivity index (χ2v) is 7.21. The fraction of sp³-hybridized carbons (Fsp3) is 0.400. The average Bonchev–Trinajstić information content (AvgIpc) is 3.07. The molecule has 3 rings (SSSR count). The van der Waals surface area contributed by atoms with Gasteiger partial charge in [-0.1, -0.05) is 17.7 Å². The Kier molecular flexibility index (Phi) is 5.85. The largest absolute Gasteiger partial charge is 0.488 e. The summed E-state index contributed by atoms with van der Waals surface area (Å²) in [6.07, 6.45) is 0.997. The lowest BCUT2D eigenvalue weighted by atomic mass is 10.1. The van der Waals surface area contributed by atoms with Gasteiger partial charge < -0.3 is 14.2 Å². The highest BCUT2D eigenvalue weighted by Crippen LogP contribution is 2.22. The van der Waals surface area contributed by atoms with Crippen LogP contribution in [-0.4, -0.2) is 34.6 Å². The molecule has 0 saturated carbocycles. The number of pyridine rings is 1. The number of ether oxygens (including phenoxy) is 1. The standard InChI is InChI=1S/C20H22ClFN2O3/c1-13-10-15(11-20(26)23(13)2)27-14-8-9-24(12-14)19(25)7-6-16-17(21)4-3-5-18(16)22/h3-5,10-11,14H,6-9,12H2,1-2H3. The lowest BCUT2D eigenvalue weighted by Crippen LogP contribution is -2.31. The Morgan fingerprint density at radius 2 is 2.15 bits per heavy atom. The van der Waals surface area contributed by atoms with E-state index in [1.165, 1.54) is 12.1 Å². The Balaban J connectivity index is 1.56. The molecular weight excluding hydrogens is 371 g/mol. The first-order valence-corrected chi connectivity index (χ1v) is 9.28. The molecule has 0 radical (unpaired) electrons. The van der Waals surface area contributed by atoms with Crippen LogP contribution in [0.3, 0.4) is 0 Å². The van der Waals surface area contributed by atoms with E-state index in [0.29, 0.717) is 35.8 Å². The number of rotatable bonds is 5. The predicted octanol–water partition coefficient (Wildman–Crippen LogP) is 3.10. The van der Waals surface area contributed by atoms with E-state index in [0.717, 1.165) is 5.69 Å². The molecule has 1 saturated heterocycles. The van der Waals surface area contributed by atoms with Crippen molar-refractivity contribution in [3.63, 3.8) is 0 Å². The van der Waals surface area contributed by atoms with Crippen LogP contribution in [0.1, 0.15) is 24.1 Å². The van der Waals surface area contributed by atoms with Crippen molar-refractivity contribution in [2.24, 2.45) is 7.05 Å². The maximum absolute atomic E-state index is 13.8. The van der Waals surface area contributed by atoms with Gasteiger partial charge in [0.25, 0.3) is 5.56 Å². The Bertz CT molecular complexity index is 892. The Hall–Kier alpha value is -2.34. The van der Waals surface area contributed by atoms with Crippen molar-refractivity contribution in [2.75, 3.05) is 13.1 Å². The Morgan fingerprint density at radius 3 is 2.85 bits per heavy atom. The third kappa shape index (κ3) is 4.50. The van der Waals surface area contributed by atoms with E-state index in [1.807, 2.05) is 13.0 Å². The van der Waals surface area contributed by atoms with Gasteiger partial charge in [-0.3, -0.25) is 9.59 Å². The molecule has 1 aliphatic heterocycles. The first-order valence-electron chi connectivity index (χ1n) is 8.90. The number of carbonyl (C=O) groups excluding carboxylic acids is 1. The van der Waals surface area contributed by atoms with Crippen LogP contribution in [0.2, 0.25) is 5.02 Å². The number of benzene rings is 1. The molecule has 5 nitrogen and oxygen atoms in total. The minimum absolute atomic E-state index is 0.0550. The molecule has 1 atom stereocenters. The zero-order valence-electron chi connectivity index (χ0n) is 15.4. The number of hydrogen-bond acceptors (Lipinski definition) is 3. The summed E-state index contributed by atoms with van der Waals surface area (Å²) in [6.45, 7) is 2.88. The minimum Gasteiger partial charge on any atom is -0.488 e. The SMILES string of the molecule is Cc1cc(OC2CCN(C(=O)CCc3c(F)cccc3Cl)C2)cc(=O)n1C. The van der Waals surface area contributed by atoms with Crippen molar-refractivity contribution >= 4 is 17.5 Å². The summed E-state index contributed by atoms with van der Waals surface area (Å²) in [5.74, 6) is 0.0765. The van der Waals surface area contributed by atoms with Crippen LogP contribution in [-0.2, 0) is 18.3 Å². The van der Waals surface area contributed by atoms with Crippen molar-refractivity contribution in [1.82, 2.24) is 9.47 Å². The lowest BCUT2D eigenvalue weighted by Gasteiger charge is -2.18. The van der Waals surface area contributed by atoms with Gasteiger partial charge in [-0.05, 0) is 31.5 Å². The average molecular weight is 393 g/mol. The summed E-state index contributed by atoms with van der Waals surface area (Å²) in [4.78, 5) is 26.0. The summed E-state index contributed by atoms with van der Waals surface area (Å²) in [5, 5.41) is 0.339. The first kappa shape index (κ1) is 19.4. The highest BCUT2D eigenvalue weighted by molar-refractivity contribution is 6.31. The molecule has 27 heavy (non-hydrogen) atoms. The van der Waals surface area contributed by atoms with Crippen LogP contribution in [0, 0.1) is 12.7 Å². The molecule has 1 aromatic carbocycles. The molecule has 1 fully saturated rings. The van der Waals surface area contributed by atoms with Gasteiger partial charge in [0.2, 0.25) is 5.91 Å². The summed E-state index contributed by atoms with van der Waals surface area (Å²) < 4.78 is 21.3. The first-order chi connectivity index (χ1) is 12.8. The van der Waals surface area contributed by atoms with E-state index in [-0.39, 0.29) is 36.2 Å². The van der Waals surface area contributed by atoms with E-state index in [9.17, 15) is 14.0 Å². The van der Waals surface area contributed by atoms with Crippen molar-refractivity contribution in [2.45, 2.75) is 32.3 Å². The van der Waals surface area contributed by atoms with Gasteiger partial charge in [-0.25, -0.2) is 4.39 Å². The molecular formula is C20H22ClFN2O3. The summed E-state index contributed by atoms with van der Waals surface area (Å²) in [5.41, 5.74) is 1.05. The van der Waals surface area contributed by atoms with Crippen LogP contribution in [0.25, 0.3) is 0 Å². The van der Waals surface area contributed by atoms with Crippen LogP contribution in [0.15, 0.2) is 35.1 Å². The number of carbonyl (C=O) groups is 1. The van der Waals surface area contributed by atoms with Crippen molar-refractivity contribution < 1.29 is 13.9 Å². The van der Waals surface area contributed by atoms with Gasteiger partial charge >= 0.3 is 0 Å². The molecule has 1 aromatic heterocycles. The van der Waals surface area contributed by atoms with Gasteiger partial charge in [0.1, 0.15) is 17.7 Å². The van der Waals surface area contributed by atoms with Crippen molar-refractivity contribution in [1.29, 1.82) is 0 Å². The number of aromatic nitrogens is 1. The van der Waals surface area contributed by atoms with Crippen molar-refractivity contribution in [3.05, 3.63) is 62.8 Å². The number of halogens is 2. The minimum atomic E-state index is -0.390. The van der Waals surface area contributed by atoms with Crippen LogP contribution < -0.4 is 10.3 Å². The highest BCUT2D eigenvalue weighted by Gasteiger charge is 2.27. The van der Waals surface area contributed by atoms with E-state index in [2.05, 4.69) is 0 Å². The number of likely N-dealkylation sites (tertiary alicyclic amines) is 1. The van der Waals surface area contributed by atoms with E-state index >= 15 is 0 Å². The molecule has 0 N–H and O–H groups in total. The van der Waals surface area contributed by atoms with Gasteiger partial charge in [-0.2, -0.15) is 0 Å². The lowest BCUT2D eigenvalue weighted by molar-refractivity contribution is -0.130. The number of hydrogen-bond donors (Lipinski definition) is 0. The van der Waals surface area contributed by atoms with E-state index in [1.54, 1.807) is 28.6 Å². The molecule has 1 unspecified atom stereocenters. The second-order valence-electron chi connectivity index (χ2n) is 6.80. The van der Waals surface area contributed by atoms with Crippen LogP contribution >= 0.6 is 11.6 Å². The quantitative estimate of drug-likeness (QED) is 0.785. The molecule has 2 heterocycles. The summed E-state index contributed by atoms with van der Waals surface area (Å²) in [6, 6.07) is 7.78. The zero-order chi connectivity index (χ0) is 19.6. The maximum Gasteiger partial charge on any atom is 0.254 e. The van der Waals surface area contributed by atoms with Crippen LogP contribution in [0.5, 0.6) is 5.75 Å². The number of nitrogens with zero attached hydrogens (tertiary/aromatic N) is 2. The number of amides is 1. The van der Waals surface area contributed by atoms with E-state index < -0.39 is 0 Å². The maximum atomic E-state index is 13.8. The molecule has 1 aliphatic rings. The third-order valence-corrected chi connectivity index (χ3v) is 5.28.